The summed E-state index contributed by atoms with van der Waals surface area (Å²) in [4.78, 5) is 13.4. The molecule has 0 saturated carbocycles. The number of halogens is 1. The van der Waals surface area contributed by atoms with E-state index >= 15 is 0 Å². The Morgan fingerprint density at radius 3 is 2.59 bits per heavy atom. The van der Waals surface area contributed by atoms with Crippen LogP contribution in [-0.4, -0.2) is 41.0 Å². The number of amides is 1. The van der Waals surface area contributed by atoms with Crippen molar-refractivity contribution in [2.45, 2.75) is 70.0 Å². The molecule has 2 fully saturated rings. The van der Waals surface area contributed by atoms with E-state index in [9.17, 15) is 14.3 Å². The Hall–Kier alpha value is -0.840. The van der Waals surface area contributed by atoms with Crippen molar-refractivity contribution in [2.24, 2.45) is 0 Å². The number of hydrogen-bond donors (Lipinski definition) is 0. The number of carbonyl (C=O) groups is 1. The van der Waals surface area contributed by atoms with Gasteiger partial charge in [0.2, 0.25) is 0 Å². The highest BCUT2D eigenvalue weighted by Crippen LogP contribution is 2.38. The fourth-order valence-electron chi connectivity index (χ4n) is 2.70. The summed E-state index contributed by atoms with van der Waals surface area (Å²) in [5, 5.41) is 11.4. The zero-order chi connectivity index (χ0) is 12.8. The topological polar surface area (TPSA) is 49.4 Å². The number of fused-ring (bicyclic) bond motifs is 2. The molecular weight excluding hydrogens is 225 g/mol. The lowest BCUT2D eigenvalue weighted by Gasteiger charge is -2.39. The zero-order valence-corrected chi connectivity index (χ0v) is 10.5. The van der Waals surface area contributed by atoms with E-state index in [1.165, 1.54) is 4.90 Å². The zero-order valence-electron chi connectivity index (χ0n) is 10.5. The van der Waals surface area contributed by atoms with Gasteiger partial charge >= 0.3 is 6.09 Å². The highest BCUT2D eigenvalue weighted by Gasteiger charge is 2.51. The lowest BCUT2D eigenvalue weighted by atomic mass is 9.98. The molecule has 0 aliphatic carbocycles. The Balaban J connectivity index is 2.10. The summed E-state index contributed by atoms with van der Waals surface area (Å²) in [5.41, 5.74) is -0.587. The van der Waals surface area contributed by atoms with Crippen LogP contribution in [-0.2, 0) is 9.84 Å². The highest BCUT2D eigenvalue weighted by molar-refractivity contribution is 5.69. The van der Waals surface area contributed by atoms with Gasteiger partial charge in [-0.25, -0.2) is 14.3 Å². The monoisotopic (exact) mass is 244 g/mol. The highest BCUT2D eigenvalue weighted by atomic mass is 19.1. The molecular formula is C12H19FNO3. The minimum Gasteiger partial charge on any atom is -0.444 e. The normalized spacial score (nSPS) is 37.1. The standard InChI is InChI=1S/C12H19FNO3/c1-12(2,3)17-11(16)14-7-4-5-8(14)10(13)9(15)6-7/h7-10H,4-6H2,1-3H3. The minimum absolute atomic E-state index is 0.135. The minimum atomic E-state index is -1.46. The summed E-state index contributed by atoms with van der Waals surface area (Å²) in [7, 11) is 0. The SMILES string of the molecule is CC(C)(C)OC(=O)N1C2CCC1C(F)C([O])C2. The number of nitrogens with zero attached hydrogens (tertiary/aromatic N) is 1. The van der Waals surface area contributed by atoms with Crippen molar-refractivity contribution in [3.63, 3.8) is 0 Å². The van der Waals surface area contributed by atoms with E-state index in [1.807, 2.05) is 0 Å². The second-order valence-corrected chi connectivity index (χ2v) is 5.90. The van der Waals surface area contributed by atoms with Crippen molar-refractivity contribution in [3.8, 4) is 0 Å². The Morgan fingerprint density at radius 1 is 1.35 bits per heavy atom. The molecule has 0 aromatic carbocycles. The molecule has 4 atom stereocenters. The molecule has 0 N–H and O–H groups in total. The number of carbonyl (C=O) groups excluding carboxylic acids is 1. The van der Waals surface area contributed by atoms with Crippen molar-refractivity contribution in [3.05, 3.63) is 0 Å². The molecule has 2 bridgehead atoms. The Bertz CT molecular complexity index is 315. The fourth-order valence-corrected chi connectivity index (χ4v) is 2.70. The van der Waals surface area contributed by atoms with Gasteiger partial charge in [-0.15, -0.1) is 0 Å². The van der Waals surface area contributed by atoms with E-state index in [0.29, 0.717) is 12.8 Å². The Labute approximate surface area is 101 Å². The average Bonchev–Trinajstić information content (AvgIpc) is 2.51. The second-order valence-electron chi connectivity index (χ2n) is 5.90. The first kappa shape index (κ1) is 12.6. The largest absolute Gasteiger partial charge is 0.444 e. The van der Waals surface area contributed by atoms with Gasteiger partial charge < -0.3 is 4.74 Å². The maximum Gasteiger partial charge on any atom is 0.410 e. The number of hydrogen-bond acceptors (Lipinski definition) is 2. The van der Waals surface area contributed by atoms with E-state index < -0.39 is 30.0 Å². The van der Waals surface area contributed by atoms with Crippen LogP contribution in [0.25, 0.3) is 0 Å². The lowest BCUT2D eigenvalue weighted by molar-refractivity contribution is -0.0720. The summed E-state index contributed by atoms with van der Waals surface area (Å²) < 4.78 is 19.0. The first-order chi connectivity index (χ1) is 7.79. The van der Waals surface area contributed by atoms with Gasteiger partial charge in [0.15, 0.2) is 0 Å². The number of rotatable bonds is 0. The summed E-state index contributed by atoms with van der Waals surface area (Å²) in [6.45, 7) is 5.33. The summed E-state index contributed by atoms with van der Waals surface area (Å²) in [5.74, 6) is 0. The van der Waals surface area contributed by atoms with Gasteiger partial charge in [0.05, 0.1) is 6.04 Å². The fraction of sp³-hybridized carbons (Fsp3) is 0.917. The molecule has 5 heteroatoms. The smallest absolute Gasteiger partial charge is 0.410 e. The number of ether oxygens (including phenoxy) is 1. The molecule has 0 aromatic heterocycles. The molecule has 2 rings (SSSR count). The van der Waals surface area contributed by atoms with Gasteiger partial charge in [-0.05, 0) is 33.6 Å². The van der Waals surface area contributed by atoms with Crippen LogP contribution >= 0.6 is 0 Å². The molecule has 2 saturated heterocycles. The first-order valence-corrected chi connectivity index (χ1v) is 6.11. The quantitative estimate of drug-likeness (QED) is 0.656. The molecule has 0 spiro atoms. The second kappa shape index (κ2) is 4.12. The van der Waals surface area contributed by atoms with E-state index in [-0.39, 0.29) is 12.5 Å². The molecule has 97 valence electrons. The number of alkyl halides is 1. The van der Waals surface area contributed by atoms with Crippen LogP contribution in [0.4, 0.5) is 9.18 Å². The van der Waals surface area contributed by atoms with Crippen LogP contribution in [0.3, 0.4) is 0 Å². The molecule has 2 heterocycles. The molecule has 0 aromatic rings. The van der Waals surface area contributed by atoms with Crippen LogP contribution in [0.5, 0.6) is 0 Å². The van der Waals surface area contributed by atoms with Crippen molar-refractivity contribution in [1.29, 1.82) is 0 Å². The van der Waals surface area contributed by atoms with Gasteiger partial charge in [-0.2, -0.15) is 0 Å². The predicted molar refractivity (Wildman–Crippen MR) is 58.9 cm³/mol. The Kier molecular flexibility index (Phi) is 3.06. The van der Waals surface area contributed by atoms with Crippen LogP contribution in [0.2, 0.25) is 0 Å². The molecule has 1 amide bonds. The molecule has 2 aliphatic rings. The third kappa shape index (κ3) is 2.39. The van der Waals surface area contributed by atoms with Gasteiger partial charge in [0, 0.05) is 12.5 Å². The van der Waals surface area contributed by atoms with Crippen molar-refractivity contribution in [1.82, 2.24) is 4.90 Å². The maximum absolute atomic E-state index is 13.7. The van der Waals surface area contributed by atoms with Crippen LogP contribution in [0, 0.1) is 0 Å². The Morgan fingerprint density at radius 2 is 2.00 bits per heavy atom. The van der Waals surface area contributed by atoms with Crippen LogP contribution < -0.4 is 0 Å². The van der Waals surface area contributed by atoms with Gasteiger partial charge in [0.25, 0.3) is 0 Å². The van der Waals surface area contributed by atoms with Crippen molar-refractivity contribution < 1.29 is 19.0 Å². The lowest BCUT2D eigenvalue weighted by Crippen LogP contribution is -2.55. The third-order valence-electron chi connectivity index (χ3n) is 3.38. The van der Waals surface area contributed by atoms with Gasteiger partial charge in [-0.3, -0.25) is 4.90 Å². The van der Waals surface area contributed by atoms with Crippen molar-refractivity contribution >= 4 is 6.09 Å². The van der Waals surface area contributed by atoms with E-state index in [1.54, 1.807) is 20.8 Å². The summed E-state index contributed by atoms with van der Waals surface area (Å²) in [6.07, 6.45) is -1.64. The van der Waals surface area contributed by atoms with Crippen LogP contribution in [0.1, 0.15) is 40.0 Å². The summed E-state index contributed by atoms with van der Waals surface area (Å²) in [6, 6.07) is -0.713. The molecule has 4 nitrogen and oxygen atoms in total. The maximum atomic E-state index is 13.7. The van der Waals surface area contributed by atoms with E-state index in [2.05, 4.69) is 0 Å². The number of piperidine rings is 1. The third-order valence-corrected chi connectivity index (χ3v) is 3.38. The van der Waals surface area contributed by atoms with Crippen LogP contribution in [0.15, 0.2) is 0 Å². The molecule has 17 heavy (non-hydrogen) atoms. The predicted octanol–water partition coefficient (Wildman–Crippen LogP) is 2.30. The van der Waals surface area contributed by atoms with Gasteiger partial charge in [-0.1, -0.05) is 0 Å². The molecule has 4 unspecified atom stereocenters. The van der Waals surface area contributed by atoms with E-state index in [0.717, 1.165) is 0 Å². The summed E-state index contributed by atoms with van der Waals surface area (Å²) >= 11 is 0. The first-order valence-electron chi connectivity index (χ1n) is 6.11. The average molecular weight is 244 g/mol. The van der Waals surface area contributed by atoms with Gasteiger partial charge in [0.1, 0.15) is 17.9 Å². The van der Waals surface area contributed by atoms with Crippen molar-refractivity contribution in [2.75, 3.05) is 0 Å². The molecule has 2 aliphatic heterocycles. The molecule has 1 radical (unpaired) electrons. The van der Waals surface area contributed by atoms with E-state index in [4.69, 9.17) is 4.74 Å².